The van der Waals surface area contributed by atoms with Crippen molar-refractivity contribution in [2.45, 2.75) is 56.8 Å². The lowest BCUT2D eigenvalue weighted by molar-refractivity contribution is -0.0351. The van der Waals surface area contributed by atoms with Crippen LogP contribution in [-0.4, -0.2) is 18.2 Å². The number of halogens is 2. The number of benzene rings is 1. The summed E-state index contributed by atoms with van der Waals surface area (Å²) in [6.07, 6.45) is 7.78. The number of rotatable bonds is 4. The molecular formula is C16H21ClFNO. The third kappa shape index (κ3) is 3.16. The third-order valence-corrected chi connectivity index (χ3v) is 4.83. The van der Waals surface area contributed by atoms with Crippen LogP contribution >= 0.6 is 11.6 Å². The Kier molecular flexibility index (Phi) is 4.29. The van der Waals surface area contributed by atoms with Crippen molar-refractivity contribution in [1.29, 1.82) is 0 Å². The molecule has 1 atom stereocenters. The van der Waals surface area contributed by atoms with E-state index in [0.717, 1.165) is 18.5 Å². The molecule has 1 aromatic carbocycles. The van der Waals surface area contributed by atoms with Gasteiger partial charge < -0.3 is 10.1 Å². The Bertz CT molecular complexity index is 474. The van der Waals surface area contributed by atoms with Crippen LogP contribution in [-0.2, 0) is 11.3 Å². The van der Waals surface area contributed by atoms with E-state index in [1.807, 2.05) is 0 Å². The van der Waals surface area contributed by atoms with Gasteiger partial charge in [0.25, 0.3) is 0 Å². The van der Waals surface area contributed by atoms with E-state index >= 15 is 0 Å². The molecule has 0 amide bonds. The average Bonchev–Trinajstić information content (AvgIpc) is 3.05. The molecule has 1 unspecified atom stereocenters. The normalized spacial score (nSPS) is 24.6. The van der Waals surface area contributed by atoms with Gasteiger partial charge in [0.05, 0.1) is 16.7 Å². The van der Waals surface area contributed by atoms with E-state index in [-0.39, 0.29) is 16.4 Å². The van der Waals surface area contributed by atoms with Gasteiger partial charge in [-0.2, -0.15) is 0 Å². The van der Waals surface area contributed by atoms with Crippen LogP contribution in [0.5, 0.6) is 0 Å². The number of nitrogens with one attached hydrogen (secondary N) is 1. The zero-order chi connectivity index (χ0) is 14.0. The molecule has 0 aromatic heterocycles. The van der Waals surface area contributed by atoms with Crippen molar-refractivity contribution in [3.63, 3.8) is 0 Å². The standard InChI is InChI=1S/C16H21ClFNO/c17-14-9-12(3-4-15(14)18)10-19-11-13-5-8-16(20-13)6-1-2-7-16/h3-4,9,13,19H,1-2,5-8,10-11H2. The lowest BCUT2D eigenvalue weighted by atomic mass is 9.98. The zero-order valence-electron chi connectivity index (χ0n) is 11.6. The van der Waals surface area contributed by atoms with E-state index in [4.69, 9.17) is 16.3 Å². The van der Waals surface area contributed by atoms with Crippen LogP contribution < -0.4 is 5.32 Å². The minimum Gasteiger partial charge on any atom is -0.370 e. The Morgan fingerprint density at radius 1 is 1.30 bits per heavy atom. The SMILES string of the molecule is Fc1ccc(CNCC2CCC3(CCCC3)O2)cc1Cl. The van der Waals surface area contributed by atoms with E-state index in [0.29, 0.717) is 12.6 Å². The van der Waals surface area contributed by atoms with E-state index in [9.17, 15) is 4.39 Å². The van der Waals surface area contributed by atoms with Crippen LogP contribution in [0.15, 0.2) is 18.2 Å². The molecule has 1 aliphatic heterocycles. The summed E-state index contributed by atoms with van der Waals surface area (Å²) in [5.74, 6) is -0.363. The predicted molar refractivity (Wildman–Crippen MR) is 78.4 cm³/mol. The Balaban J connectivity index is 1.45. The molecule has 20 heavy (non-hydrogen) atoms. The summed E-state index contributed by atoms with van der Waals surface area (Å²) in [7, 11) is 0. The highest BCUT2D eigenvalue weighted by molar-refractivity contribution is 6.30. The van der Waals surface area contributed by atoms with Gasteiger partial charge in [-0.25, -0.2) is 4.39 Å². The molecule has 1 saturated carbocycles. The van der Waals surface area contributed by atoms with Crippen molar-refractivity contribution < 1.29 is 9.13 Å². The van der Waals surface area contributed by atoms with Gasteiger partial charge in [0.1, 0.15) is 5.82 Å². The average molecular weight is 298 g/mol. The lowest BCUT2D eigenvalue weighted by Crippen LogP contribution is -2.30. The van der Waals surface area contributed by atoms with Gasteiger partial charge in [0.15, 0.2) is 0 Å². The van der Waals surface area contributed by atoms with Gasteiger partial charge in [-0.05, 0) is 43.4 Å². The quantitative estimate of drug-likeness (QED) is 0.905. The molecule has 0 radical (unpaired) electrons. The molecule has 2 aliphatic rings. The van der Waals surface area contributed by atoms with Gasteiger partial charge in [-0.15, -0.1) is 0 Å². The molecule has 3 rings (SSSR count). The molecule has 1 spiro atoms. The molecule has 2 fully saturated rings. The minimum absolute atomic E-state index is 0.186. The van der Waals surface area contributed by atoms with Crippen LogP contribution in [0.4, 0.5) is 4.39 Å². The molecular weight excluding hydrogens is 277 g/mol. The second-order valence-corrected chi connectivity index (χ2v) is 6.46. The Hall–Kier alpha value is -0.640. The fourth-order valence-corrected chi connectivity index (χ4v) is 3.66. The van der Waals surface area contributed by atoms with Crippen LogP contribution in [0, 0.1) is 5.82 Å². The van der Waals surface area contributed by atoms with Crippen molar-refractivity contribution >= 4 is 11.6 Å². The molecule has 1 aromatic rings. The minimum atomic E-state index is -0.363. The molecule has 4 heteroatoms. The summed E-state index contributed by atoms with van der Waals surface area (Å²) in [6.45, 7) is 1.56. The Morgan fingerprint density at radius 2 is 2.10 bits per heavy atom. The second-order valence-electron chi connectivity index (χ2n) is 6.05. The smallest absolute Gasteiger partial charge is 0.141 e. The summed E-state index contributed by atoms with van der Waals surface area (Å²) in [6, 6.07) is 4.86. The summed E-state index contributed by atoms with van der Waals surface area (Å²) >= 11 is 5.77. The molecule has 1 aliphatic carbocycles. The van der Waals surface area contributed by atoms with Crippen molar-refractivity contribution in [2.75, 3.05) is 6.54 Å². The fraction of sp³-hybridized carbons (Fsp3) is 0.625. The molecule has 2 nitrogen and oxygen atoms in total. The molecule has 1 N–H and O–H groups in total. The van der Waals surface area contributed by atoms with Gasteiger partial charge >= 0.3 is 0 Å². The largest absolute Gasteiger partial charge is 0.370 e. The highest BCUT2D eigenvalue weighted by atomic mass is 35.5. The van der Waals surface area contributed by atoms with E-state index in [1.165, 1.54) is 38.2 Å². The van der Waals surface area contributed by atoms with Crippen molar-refractivity contribution in [1.82, 2.24) is 5.32 Å². The third-order valence-electron chi connectivity index (χ3n) is 4.54. The van der Waals surface area contributed by atoms with Crippen LogP contribution in [0.2, 0.25) is 5.02 Å². The Morgan fingerprint density at radius 3 is 2.85 bits per heavy atom. The Labute approximate surface area is 124 Å². The van der Waals surface area contributed by atoms with Gasteiger partial charge in [-0.1, -0.05) is 30.5 Å². The van der Waals surface area contributed by atoms with Crippen molar-refractivity contribution in [3.8, 4) is 0 Å². The van der Waals surface area contributed by atoms with E-state index < -0.39 is 0 Å². The second kappa shape index (κ2) is 6.00. The lowest BCUT2D eigenvalue weighted by Gasteiger charge is -2.23. The van der Waals surface area contributed by atoms with E-state index in [1.54, 1.807) is 12.1 Å². The summed E-state index contributed by atoms with van der Waals surface area (Å²) in [5.41, 5.74) is 1.20. The fourth-order valence-electron chi connectivity index (χ4n) is 3.45. The summed E-state index contributed by atoms with van der Waals surface area (Å²) in [5, 5.41) is 3.58. The van der Waals surface area contributed by atoms with Crippen LogP contribution in [0.3, 0.4) is 0 Å². The number of ether oxygens (including phenoxy) is 1. The first-order chi connectivity index (χ1) is 9.67. The predicted octanol–water partition coefficient (Wildman–Crippen LogP) is 4.06. The maximum Gasteiger partial charge on any atom is 0.141 e. The van der Waals surface area contributed by atoms with E-state index in [2.05, 4.69) is 5.32 Å². The van der Waals surface area contributed by atoms with Gasteiger partial charge in [-0.3, -0.25) is 0 Å². The molecule has 1 saturated heterocycles. The topological polar surface area (TPSA) is 21.3 Å². The zero-order valence-corrected chi connectivity index (χ0v) is 12.4. The molecule has 0 bridgehead atoms. The van der Waals surface area contributed by atoms with Crippen molar-refractivity contribution in [3.05, 3.63) is 34.6 Å². The van der Waals surface area contributed by atoms with Crippen LogP contribution in [0.1, 0.15) is 44.1 Å². The number of hydrogen-bond acceptors (Lipinski definition) is 2. The summed E-state index contributed by atoms with van der Waals surface area (Å²) < 4.78 is 19.3. The monoisotopic (exact) mass is 297 g/mol. The number of hydrogen-bond donors (Lipinski definition) is 1. The molecule has 1 heterocycles. The van der Waals surface area contributed by atoms with Crippen LogP contribution in [0.25, 0.3) is 0 Å². The first-order valence-corrected chi connectivity index (χ1v) is 7.87. The maximum atomic E-state index is 13.1. The maximum absolute atomic E-state index is 13.1. The highest BCUT2D eigenvalue weighted by Crippen LogP contribution is 2.43. The van der Waals surface area contributed by atoms with Gasteiger partial charge in [0, 0.05) is 13.1 Å². The highest BCUT2D eigenvalue weighted by Gasteiger charge is 2.41. The first-order valence-electron chi connectivity index (χ1n) is 7.49. The van der Waals surface area contributed by atoms with Gasteiger partial charge in [0.2, 0.25) is 0 Å². The first kappa shape index (κ1) is 14.3. The van der Waals surface area contributed by atoms with Crippen molar-refractivity contribution in [2.24, 2.45) is 0 Å². The molecule has 110 valence electrons. The summed E-state index contributed by atoms with van der Waals surface area (Å²) in [4.78, 5) is 0.